The maximum absolute atomic E-state index is 12.6. The van der Waals surface area contributed by atoms with E-state index >= 15 is 0 Å². The Morgan fingerprint density at radius 2 is 1.67 bits per heavy atom. The van der Waals surface area contributed by atoms with Crippen LogP contribution < -0.4 is 4.90 Å². The Balaban J connectivity index is 1.22. The quantitative estimate of drug-likeness (QED) is 0.814. The first-order chi connectivity index (χ1) is 13.3. The van der Waals surface area contributed by atoms with Crippen LogP contribution in [0.4, 0.5) is 5.95 Å². The third kappa shape index (κ3) is 3.44. The smallest absolute Gasteiger partial charge is 0.225 e. The molecule has 5 rings (SSSR count). The summed E-state index contributed by atoms with van der Waals surface area (Å²) >= 11 is 0. The summed E-state index contributed by atoms with van der Waals surface area (Å²) in [6, 6.07) is 0.833. The van der Waals surface area contributed by atoms with Crippen LogP contribution in [0.25, 0.3) is 0 Å². The highest BCUT2D eigenvalue weighted by Gasteiger charge is 2.31. The lowest BCUT2D eigenvalue weighted by Gasteiger charge is -2.43. The summed E-state index contributed by atoms with van der Waals surface area (Å²) in [6.07, 6.45) is 11.3. The van der Waals surface area contributed by atoms with Crippen LogP contribution in [-0.4, -0.2) is 71.0 Å². The number of nitrogens with zero attached hydrogens (tertiary/aromatic N) is 5. The summed E-state index contributed by atoms with van der Waals surface area (Å²) in [6.45, 7) is 5.96. The first-order valence-corrected chi connectivity index (χ1v) is 10.9. The van der Waals surface area contributed by atoms with Gasteiger partial charge in [-0.05, 0) is 37.7 Å². The molecule has 0 radical (unpaired) electrons. The third-order valence-electron chi connectivity index (χ3n) is 7.17. The van der Waals surface area contributed by atoms with Crippen molar-refractivity contribution in [3.05, 3.63) is 17.5 Å². The molecule has 2 saturated carbocycles. The molecule has 0 bridgehead atoms. The topological polar surface area (TPSA) is 52.6 Å². The Labute approximate surface area is 161 Å². The number of fused-ring (bicyclic) bond motifs is 1. The first kappa shape index (κ1) is 17.4. The van der Waals surface area contributed by atoms with Crippen LogP contribution in [0.15, 0.2) is 6.20 Å². The van der Waals surface area contributed by atoms with Crippen molar-refractivity contribution in [3.63, 3.8) is 0 Å². The molecule has 4 aliphatic rings. The Bertz CT molecular complexity index is 692. The monoisotopic (exact) mass is 369 g/mol. The molecule has 0 aromatic carbocycles. The average Bonchev–Trinajstić information content (AvgIpc) is 2.81. The fraction of sp³-hybridized carbons (Fsp3) is 0.762. The van der Waals surface area contributed by atoms with E-state index in [9.17, 15) is 4.79 Å². The molecule has 1 amide bonds. The predicted molar refractivity (Wildman–Crippen MR) is 105 cm³/mol. The van der Waals surface area contributed by atoms with E-state index in [0.29, 0.717) is 11.8 Å². The van der Waals surface area contributed by atoms with Crippen LogP contribution >= 0.6 is 0 Å². The van der Waals surface area contributed by atoms with E-state index < -0.39 is 0 Å². The van der Waals surface area contributed by atoms with Crippen LogP contribution in [0.3, 0.4) is 0 Å². The fourth-order valence-corrected chi connectivity index (χ4v) is 4.79. The van der Waals surface area contributed by atoms with Crippen molar-refractivity contribution < 1.29 is 4.79 Å². The van der Waals surface area contributed by atoms with Crippen LogP contribution in [0.5, 0.6) is 0 Å². The maximum atomic E-state index is 12.6. The van der Waals surface area contributed by atoms with Gasteiger partial charge in [0.05, 0.1) is 5.69 Å². The maximum Gasteiger partial charge on any atom is 0.225 e. The molecule has 2 aliphatic carbocycles. The second-order valence-electron chi connectivity index (χ2n) is 8.70. The van der Waals surface area contributed by atoms with Crippen molar-refractivity contribution in [3.8, 4) is 0 Å². The zero-order chi connectivity index (χ0) is 18.2. The van der Waals surface area contributed by atoms with Crippen molar-refractivity contribution in [1.82, 2.24) is 19.8 Å². The number of anilines is 1. The van der Waals surface area contributed by atoms with Gasteiger partial charge in [-0.15, -0.1) is 0 Å². The lowest BCUT2D eigenvalue weighted by Crippen LogP contribution is -2.52. The minimum atomic E-state index is 0.292. The highest BCUT2D eigenvalue weighted by molar-refractivity contribution is 5.79. The number of rotatable bonds is 3. The predicted octanol–water partition coefficient (Wildman–Crippen LogP) is 1.88. The molecule has 2 aliphatic heterocycles. The van der Waals surface area contributed by atoms with Crippen LogP contribution in [0.2, 0.25) is 0 Å². The molecule has 1 aromatic heterocycles. The van der Waals surface area contributed by atoms with Gasteiger partial charge in [0, 0.05) is 63.8 Å². The van der Waals surface area contributed by atoms with Crippen molar-refractivity contribution in [2.75, 3.05) is 44.2 Å². The van der Waals surface area contributed by atoms with Crippen molar-refractivity contribution >= 4 is 11.9 Å². The average molecular weight is 370 g/mol. The summed E-state index contributed by atoms with van der Waals surface area (Å²) in [5.74, 6) is 1.55. The molecule has 3 heterocycles. The van der Waals surface area contributed by atoms with Gasteiger partial charge in [0.1, 0.15) is 0 Å². The third-order valence-corrected chi connectivity index (χ3v) is 7.17. The number of hydrogen-bond donors (Lipinski definition) is 0. The van der Waals surface area contributed by atoms with Crippen molar-refractivity contribution in [2.24, 2.45) is 5.92 Å². The van der Waals surface area contributed by atoms with E-state index in [1.54, 1.807) is 0 Å². The second-order valence-corrected chi connectivity index (χ2v) is 8.70. The van der Waals surface area contributed by atoms with Gasteiger partial charge in [0.15, 0.2) is 0 Å². The summed E-state index contributed by atoms with van der Waals surface area (Å²) in [5, 5.41) is 0. The van der Waals surface area contributed by atoms with Gasteiger partial charge in [-0.2, -0.15) is 0 Å². The molecular weight excluding hydrogens is 338 g/mol. The molecular formula is C21H31N5O. The highest BCUT2D eigenvalue weighted by Crippen LogP contribution is 2.29. The van der Waals surface area contributed by atoms with E-state index in [0.717, 1.165) is 82.6 Å². The molecule has 146 valence electrons. The second kappa shape index (κ2) is 7.38. The largest absolute Gasteiger partial charge is 0.342 e. The lowest BCUT2D eigenvalue weighted by atomic mass is 9.84. The number of piperazine rings is 1. The van der Waals surface area contributed by atoms with E-state index in [4.69, 9.17) is 4.98 Å². The van der Waals surface area contributed by atoms with E-state index in [1.165, 1.54) is 31.2 Å². The number of carbonyl (C=O) groups excluding carboxylic acids is 1. The van der Waals surface area contributed by atoms with E-state index in [-0.39, 0.29) is 0 Å². The van der Waals surface area contributed by atoms with Gasteiger partial charge in [-0.3, -0.25) is 9.69 Å². The highest BCUT2D eigenvalue weighted by atomic mass is 16.2. The van der Waals surface area contributed by atoms with Gasteiger partial charge in [0.2, 0.25) is 11.9 Å². The van der Waals surface area contributed by atoms with Crippen LogP contribution in [0, 0.1) is 5.92 Å². The van der Waals surface area contributed by atoms with Crippen molar-refractivity contribution in [1.29, 1.82) is 0 Å². The number of aromatic nitrogens is 2. The zero-order valence-corrected chi connectivity index (χ0v) is 16.3. The molecule has 27 heavy (non-hydrogen) atoms. The Morgan fingerprint density at radius 1 is 0.926 bits per heavy atom. The normalized spacial score (nSPS) is 24.7. The summed E-state index contributed by atoms with van der Waals surface area (Å²) in [5.41, 5.74) is 2.39. The van der Waals surface area contributed by atoms with E-state index in [1.807, 2.05) is 6.20 Å². The Hall–Kier alpha value is -1.69. The SMILES string of the molecule is O=C(C1CCC1)N1CCc2cnc(N3CCN(C4CCC4)CC3)nc2CC1. The molecule has 6 heteroatoms. The molecule has 1 aromatic rings. The molecule has 3 fully saturated rings. The zero-order valence-electron chi connectivity index (χ0n) is 16.3. The number of hydrogen-bond acceptors (Lipinski definition) is 5. The molecule has 6 nitrogen and oxygen atoms in total. The minimum absolute atomic E-state index is 0.292. The number of carbonyl (C=O) groups is 1. The number of amides is 1. The molecule has 0 spiro atoms. The Morgan fingerprint density at radius 3 is 2.33 bits per heavy atom. The van der Waals surface area contributed by atoms with Crippen molar-refractivity contribution in [2.45, 2.75) is 57.4 Å². The van der Waals surface area contributed by atoms with E-state index in [2.05, 4.69) is 19.7 Å². The van der Waals surface area contributed by atoms with Crippen LogP contribution in [-0.2, 0) is 17.6 Å². The van der Waals surface area contributed by atoms with Gasteiger partial charge in [-0.25, -0.2) is 9.97 Å². The summed E-state index contributed by atoms with van der Waals surface area (Å²) < 4.78 is 0. The Kier molecular flexibility index (Phi) is 4.76. The molecule has 1 saturated heterocycles. The molecule has 0 unspecified atom stereocenters. The standard InChI is InChI=1S/C21H31N5O/c27-20(16-3-1-4-16)25-9-7-17-15-22-21(23-19(17)8-10-25)26-13-11-24(12-14-26)18-5-2-6-18/h15-16,18H,1-14H2. The molecule has 0 N–H and O–H groups in total. The summed E-state index contributed by atoms with van der Waals surface area (Å²) in [7, 11) is 0. The molecule has 0 atom stereocenters. The van der Waals surface area contributed by atoms with Gasteiger partial charge in [-0.1, -0.05) is 12.8 Å². The lowest BCUT2D eigenvalue weighted by molar-refractivity contribution is -0.138. The fourth-order valence-electron chi connectivity index (χ4n) is 4.79. The van der Waals surface area contributed by atoms with Gasteiger partial charge >= 0.3 is 0 Å². The summed E-state index contributed by atoms with van der Waals surface area (Å²) in [4.78, 5) is 29.3. The van der Waals surface area contributed by atoms with Crippen LogP contribution in [0.1, 0.15) is 49.8 Å². The van der Waals surface area contributed by atoms with Gasteiger partial charge in [0.25, 0.3) is 0 Å². The minimum Gasteiger partial charge on any atom is -0.342 e. The van der Waals surface area contributed by atoms with Gasteiger partial charge < -0.3 is 9.80 Å². The first-order valence-electron chi connectivity index (χ1n) is 10.9.